The number of aromatic nitrogens is 5. The van der Waals surface area contributed by atoms with Gasteiger partial charge in [0.05, 0.1) is 0 Å². The maximum absolute atomic E-state index is 12.7. The van der Waals surface area contributed by atoms with E-state index in [1.807, 2.05) is 30.3 Å². The molecule has 0 amide bonds. The zero-order valence-electron chi connectivity index (χ0n) is 14.6. The molecule has 2 aromatic heterocycles. The standard InChI is InChI=1S/C18H14F3N5O2/c1-25-16(9-13(23-25)18(19,20)21)28-10-11-7-14-22-17(12-5-3-2-4-6-12)24-26(14)15(27)8-11/h2-6,8-9H,7,10H2,1H3. The second kappa shape index (κ2) is 6.63. The highest BCUT2D eigenvalue weighted by atomic mass is 19.4. The van der Waals surface area contributed by atoms with Gasteiger partial charge in [-0.05, 0) is 5.57 Å². The molecule has 0 unspecified atom stereocenters. The number of aryl methyl sites for hydroxylation is 1. The summed E-state index contributed by atoms with van der Waals surface area (Å²) in [6.07, 6.45) is -2.89. The number of carbonyl (C=O) groups is 1. The number of nitrogens with zero attached hydrogens (tertiary/aromatic N) is 5. The van der Waals surface area contributed by atoms with E-state index in [2.05, 4.69) is 15.2 Å². The Kier molecular flexibility index (Phi) is 4.25. The zero-order chi connectivity index (χ0) is 19.9. The largest absolute Gasteiger partial charge is 0.473 e. The van der Waals surface area contributed by atoms with Crippen LogP contribution in [-0.2, 0) is 19.6 Å². The lowest BCUT2D eigenvalue weighted by molar-refractivity contribution is -0.141. The van der Waals surface area contributed by atoms with E-state index in [4.69, 9.17) is 4.74 Å². The van der Waals surface area contributed by atoms with Gasteiger partial charge in [0.1, 0.15) is 12.4 Å². The van der Waals surface area contributed by atoms with Crippen LogP contribution in [0.15, 0.2) is 48.0 Å². The summed E-state index contributed by atoms with van der Waals surface area (Å²) in [5.41, 5.74) is 0.329. The first-order valence-electron chi connectivity index (χ1n) is 8.30. The first-order valence-corrected chi connectivity index (χ1v) is 8.30. The molecule has 1 aromatic carbocycles. The van der Waals surface area contributed by atoms with Gasteiger partial charge in [0, 0.05) is 31.2 Å². The first kappa shape index (κ1) is 18.0. The predicted molar refractivity (Wildman–Crippen MR) is 91.6 cm³/mol. The van der Waals surface area contributed by atoms with Gasteiger partial charge < -0.3 is 4.74 Å². The van der Waals surface area contributed by atoms with E-state index in [-0.39, 0.29) is 18.4 Å². The molecular formula is C18H14F3N5O2. The van der Waals surface area contributed by atoms with Gasteiger partial charge in [-0.15, -0.1) is 5.10 Å². The van der Waals surface area contributed by atoms with Gasteiger partial charge in [-0.1, -0.05) is 30.3 Å². The molecule has 7 nitrogen and oxygen atoms in total. The number of benzene rings is 1. The van der Waals surface area contributed by atoms with Crippen molar-refractivity contribution < 1.29 is 22.7 Å². The summed E-state index contributed by atoms with van der Waals surface area (Å²) in [6, 6.07) is 10.1. The summed E-state index contributed by atoms with van der Waals surface area (Å²) in [6.45, 7) is -0.0594. The number of rotatable bonds is 4. The fourth-order valence-corrected chi connectivity index (χ4v) is 2.82. The van der Waals surface area contributed by atoms with E-state index in [0.717, 1.165) is 16.3 Å². The van der Waals surface area contributed by atoms with Crippen molar-refractivity contribution in [1.29, 1.82) is 0 Å². The molecule has 3 aromatic rings. The smallest absolute Gasteiger partial charge is 0.435 e. The Morgan fingerprint density at radius 1 is 1.18 bits per heavy atom. The maximum Gasteiger partial charge on any atom is 0.435 e. The normalized spacial score (nSPS) is 14.0. The topological polar surface area (TPSA) is 74.8 Å². The first-order chi connectivity index (χ1) is 13.3. The molecule has 0 atom stereocenters. The molecule has 0 fully saturated rings. The number of hydrogen-bond donors (Lipinski definition) is 0. The summed E-state index contributed by atoms with van der Waals surface area (Å²) in [5, 5.41) is 7.62. The highest BCUT2D eigenvalue weighted by molar-refractivity contribution is 5.91. The Balaban J connectivity index is 1.49. The number of hydrogen-bond acceptors (Lipinski definition) is 5. The molecular weight excluding hydrogens is 375 g/mol. The Morgan fingerprint density at radius 3 is 2.61 bits per heavy atom. The van der Waals surface area contributed by atoms with Crippen molar-refractivity contribution in [2.24, 2.45) is 7.05 Å². The lowest BCUT2D eigenvalue weighted by Gasteiger charge is -2.13. The van der Waals surface area contributed by atoms with Crippen LogP contribution in [0, 0.1) is 0 Å². The van der Waals surface area contributed by atoms with Crippen molar-refractivity contribution in [3.05, 3.63) is 59.6 Å². The van der Waals surface area contributed by atoms with Crippen LogP contribution in [0.4, 0.5) is 13.2 Å². The van der Waals surface area contributed by atoms with Crippen molar-refractivity contribution in [1.82, 2.24) is 24.5 Å². The number of halogens is 3. The quantitative estimate of drug-likeness (QED) is 0.686. The highest BCUT2D eigenvalue weighted by Crippen LogP contribution is 2.30. The summed E-state index contributed by atoms with van der Waals surface area (Å²) in [7, 11) is 1.35. The molecule has 0 saturated heterocycles. The minimum absolute atomic E-state index is 0.0438. The van der Waals surface area contributed by atoms with Crippen molar-refractivity contribution >= 4 is 5.91 Å². The van der Waals surface area contributed by atoms with Crippen LogP contribution in [0.25, 0.3) is 11.4 Å². The fourth-order valence-electron chi connectivity index (χ4n) is 2.82. The van der Waals surface area contributed by atoms with Crippen LogP contribution in [-0.4, -0.2) is 37.1 Å². The van der Waals surface area contributed by atoms with Gasteiger partial charge in [0.25, 0.3) is 5.91 Å². The minimum atomic E-state index is -4.55. The number of carbonyl (C=O) groups excluding carboxylic acids is 1. The predicted octanol–water partition coefficient (Wildman–Crippen LogP) is 2.90. The van der Waals surface area contributed by atoms with E-state index in [0.29, 0.717) is 23.6 Å². The zero-order valence-corrected chi connectivity index (χ0v) is 14.6. The molecule has 1 aliphatic heterocycles. The SMILES string of the molecule is Cn1nc(C(F)(F)F)cc1OCC1=CC(=O)n2nc(-c3ccccc3)nc2C1. The molecule has 1 aliphatic rings. The van der Waals surface area contributed by atoms with Crippen molar-refractivity contribution in [3.8, 4) is 17.3 Å². The van der Waals surface area contributed by atoms with E-state index in [9.17, 15) is 18.0 Å². The fraction of sp³-hybridized carbons (Fsp3) is 0.222. The van der Waals surface area contributed by atoms with Gasteiger partial charge in [-0.3, -0.25) is 4.79 Å². The van der Waals surface area contributed by atoms with E-state index < -0.39 is 11.9 Å². The number of alkyl halides is 3. The minimum Gasteiger partial charge on any atom is -0.473 e. The molecule has 28 heavy (non-hydrogen) atoms. The molecule has 0 spiro atoms. The summed E-state index contributed by atoms with van der Waals surface area (Å²) < 4.78 is 45.8. The van der Waals surface area contributed by atoms with Gasteiger partial charge >= 0.3 is 6.18 Å². The number of fused-ring (bicyclic) bond motifs is 1. The Labute approximate surface area is 157 Å². The third kappa shape index (κ3) is 3.40. The van der Waals surface area contributed by atoms with Gasteiger partial charge in [0.2, 0.25) is 5.88 Å². The maximum atomic E-state index is 12.7. The summed E-state index contributed by atoms with van der Waals surface area (Å²) in [4.78, 5) is 16.7. The molecule has 0 aliphatic carbocycles. The second-order valence-electron chi connectivity index (χ2n) is 6.22. The molecule has 0 bridgehead atoms. The second-order valence-corrected chi connectivity index (χ2v) is 6.22. The van der Waals surface area contributed by atoms with Crippen molar-refractivity contribution in [2.45, 2.75) is 12.6 Å². The van der Waals surface area contributed by atoms with E-state index in [1.165, 1.54) is 17.8 Å². The van der Waals surface area contributed by atoms with Gasteiger partial charge in [0.15, 0.2) is 11.5 Å². The third-order valence-corrected chi connectivity index (χ3v) is 4.16. The Bertz CT molecular complexity index is 1070. The molecule has 0 saturated carbocycles. The molecule has 144 valence electrons. The summed E-state index contributed by atoms with van der Waals surface area (Å²) >= 11 is 0. The lowest BCUT2D eigenvalue weighted by atomic mass is 10.1. The third-order valence-electron chi connectivity index (χ3n) is 4.16. The van der Waals surface area contributed by atoms with E-state index in [1.54, 1.807) is 0 Å². The monoisotopic (exact) mass is 389 g/mol. The van der Waals surface area contributed by atoms with Gasteiger partial charge in [-0.25, -0.2) is 9.67 Å². The average Bonchev–Trinajstić information content (AvgIpc) is 3.24. The van der Waals surface area contributed by atoms with Gasteiger partial charge in [-0.2, -0.15) is 23.0 Å². The highest BCUT2D eigenvalue weighted by Gasteiger charge is 2.35. The molecule has 3 heterocycles. The molecule has 10 heteroatoms. The number of allylic oxidation sites excluding steroid dienone is 1. The summed E-state index contributed by atoms with van der Waals surface area (Å²) in [5.74, 6) is 0.458. The van der Waals surface area contributed by atoms with Crippen LogP contribution >= 0.6 is 0 Å². The lowest BCUT2D eigenvalue weighted by Crippen LogP contribution is -2.22. The van der Waals surface area contributed by atoms with Crippen LogP contribution in [0.5, 0.6) is 5.88 Å². The van der Waals surface area contributed by atoms with Crippen LogP contribution < -0.4 is 4.74 Å². The van der Waals surface area contributed by atoms with Crippen LogP contribution in [0.2, 0.25) is 0 Å². The Morgan fingerprint density at radius 2 is 1.93 bits per heavy atom. The van der Waals surface area contributed by atoms with Crippen molar-refractivity contribution in [3.63, 3.8) is 0 Å². The van der Waals surface area contributed by atoms with Crippen LogP contribution in [0.1, 0.15) is 16.3 Å². The van der Waals surface area contributed by atoms with Crippen LogP contribution in [0.3, 0.4) is 0 Å². The molecule has 0 radical (unpaired) electrons. The number of ether oxygens (including phenoxy) is 1. The van der Waals surface area contributed by atoms with Crippen molar-refractivity contribution in [2.75, 3.05) is 6.61 Å². The molecule has 4 rings (SSSR count). The average molecular weight is 389 g/mol. The Hall–Kier alpha value is -3.43. The van der Waals surface area contributed by atoms with E-state index >= 15 is 0 Å². The molecule has 0 N–H and O–H groups in total.